The smallest absolute Gasteiger partial charge is 0.265 e. The monoisotopic (exact) mass is 297 g/mol. The quantitative estimate of drug-likeness (QED) is 0.856. The number of nitrogens with zero attached hydrogens (tertiary/aromatic N) is 3. The molecule has 2 unspecified atom stereocenters. The maximum Gasteiger partial charge on any atom is 0.282 e. The topological polar surface area (TPSA) is 53.5 Å². The van der Waals surface area contributed by atoms with Gasteiger partial charge in [0.25, 0.3) is 10.2 Å². The van der Waals surface area contributed by atoms with Crippen molar-refractivity contribution >= 4 is 10.2 Å². The van der Waals surface area contributed by atoms with E-state index in [-0.39, 0.29) is 12.1 Å². The first-order chi connectivity index (χ1) is 9.44. The largest absolute Gasteiger partial charge is 0.282 e. The molecule has 1 aliphatic rings. The highest BCUT2D eigenvalue weighted by Gasteiger charge is 2.35. The lowest BCUT2D eigenvalue weighted by Crippen LogP contribution is -2.49. The Bertz CT molecular complexity index is 533. The molecule has 0 N–H and O–H groups in total. The van der Waals surface area contributed by atoms with Gasteiger partial charge in [0.1, 0.15) is 0 Å². The summed E-state index contributed by atoms with van der Waals surface area (Å²) in [5.74, 6) is 0. The Morgan fingerprint density at radius 1 is 1.35 bits per heavy atom. The first-order valence-electron chi connectivity index (χ1n) is 7.09. The average molecular weight is 297 g/mol. The van der Waals surface area contributed by atoms with Crippen molar-refractivity contribution in [2.75, 3.05) is 13.6 Å². The van der Waals surface area contributed by atoms with Crippen LogP contribution in [-0.4, -0.2) is 41.6 Å². The van der Waals surface area contributed by atoms with Gasteiger partial charge in [-0.25, -0.2) is 0 Å². The van der Waals surface area contributed by atoms with E-state index in [1.54, 1.807) is 23.7 Å². The van der Waals surface area contributed by atoms with Crippen LogP contribution in [0.15, 0.2) is 24.5 Å². The molecule has 0 amide bonds. The molecule has 0 saturated carbocycles. The van der Waals surface area contributed by atoms with Gasteiger partial charge in [-0.1, -0.05) is 6.42 Å². The van der Waals surface area contributed by atoms with Crippen LogP contribution >= 0.6 is 0 Å². The van der Waals surface area contributed by atoms with Gasteiger partial charge in [0.15, 0.2) is 0 Å². The summed E-state index contributed by atoms with van der Waals surface area (Å²) in [6, 6.07) is 3.60. The van der Waals surface area contributed by atoms with Crippen molar-refractivity contribution in [3.05, 3.63) is 30.1 Å². The summed E-state index contributed by atoms with van der Waals surface area (Å²) in [5, 5.41) is 0. The molecule has 1 aromatic heterocycles. The van der Waals surface area contributed by atoms with E-state index in [0.717, 1.165) is 24.8 Å². The number of hydrogen-bond donors (Lipinski definition) is 0. The van der Waals surface area contributed by atoms with Crippen molar-refractivity contribution in [1.82, 2.24) is 13.6 Å². The Labute approximate surface area is 121 Å². The lowest BCUT2D eigenvalue weighted by Gasteiger charge is -2.37. The molecular formula is C14H23N3O2S. The molecule has 2 rings (SSSR count). The summed E-state index contributed by atoms with van der Waals surface area (Å²) >= 11 is 0. The number of hydrogen-bond acceptors (Lipinski definition) is 3. The van der Waals surface area contributed by atoms with Gasteiger partial charge in [-0.3, -0.25) is 4.98 Å². The summed E-state index contributed by atoms with van der Waals surface area (Å²) in [4.78, 5) is 3.97. The summed E-state index contributed by atoms with van der Waals surface area (Å²) < 4.78 is 28.6. The summed E-state index contributed by atoms with van der Waals surface area (Å²) in [7, 11) is -1.76. The fourth-order valence-electron chi connectivity index (χ4n) is 2.63. The molecule has 112 valence electrons. The van der Waals surface area contributed by atoms with Crippen LogP contribution in [-0.2, 0) is 10.2 Å². The van der Waals surface area contributed by atoms with Gasteiger partial charge in [0, 0.05) is 38.1 Å². The van der Waals surface area contributed by atoms with Gasteiger partial charge in [0.2, 0.25) is 0 Å². The minimum Gasteiger partial charge on any atom is -0.265 e. The molecule has 6 heteroatoms. The van der Waals surface area contributed by atoms with Crippen molar-refractivity contribution < 1.29 is 8.42 Å². The third-order valence-electron chi connectivity index (χ3n) is 4.14. The Hall–Kier alpha value is -0.980. The molecule has 5 nitrogen and oxygen atoms in total. The molecule has 0 aromatic carbocycles. The average Bonchev–Trinajstić information content (AvgIpc) is 2.47. The van der Waals surface area contributed by atoms with E-state index in [0.29, 0.717) is 6.54 Å². The molecular weight excluding hydrogens is 274 g/mol. The van der Waals surface area contributed by atoms with Gasteiger partial charge in [-0.2, -0.15) is 17.0 Å². The molecule has 0 radical (unpaired) electrons. The third-order valence-corrected chi connectivity index (χ3v) is 6.32. The second-order valence-electron chi connectivity index (χ2n) is 5.44. The van der Waals surface area contributed by atoms with Crippen LogP contribution in [0.2, 0.25) is 0 Å². The van der Waals surface area contributed by atoms with Gasteiger partial charge < -0.3 is 0 Å². The second kappa shape index (κ2) is 6.20. The Kier molecular flexibility index (Phi) is 4.78. The van der Waals surface area contributed by atoms with Crippen molar-refractivity contribution in [2.45, 2.75) is 45.2 Å². The van der Waals surface area contributed by atoms with Crippen LogP contribution in [0.4, 0.5) is 0 Å². The summed E-state index contributed by atoms with van der Waals surface area (Å²) in [6.45, 7) is 4.51. The Balaban J connectivity index is 2.20. The minimum atomic E-state index is -3.41. The van der Waals surface area contributed by atoms with Gasteiger partial charge >= 0.3 is 0 Å². The van der Waals surface area contributed by atoms with E-state index >= 15 is 0 Å². The molecule has 2 atom stereocenters. The first-order valence-corrected chi connectivity index (χ1v) is 8.49. The fourth-order valence-corrected chi connectivity index (χ4v) is 4.40. The second-order valence-corrected chi connectivity index (χ2v) is 7.38. The SMILES string of the molecule is CC(c1ccncc1)N(C)S(=O)(=O)N1CCCCC1C. The van der Waals surface area contributed by atoms with Gasteiger partial charge in [-0.15, -0.1) is 0 Å². The number of piperidine rings is 1. The molecule has 1 fully saturated rings. The fraction of sp³-hybridized carbons (Fsp3) is 0.643. The highest BCUT2D eigenvalue weighted by atomic mass is 32.2. The molecule has 0 spiro atoms. The van der Waals surface area contributed by atoms with E-state index in [1.807, 2.05) is 26.0 Å². The van der Waals surface area contributed by atoms with Crippen molar-refractivity contribution in [3.8, 4) is 0 Å². The van der Waals surface area contributed by atoms with Crippen molar-refractivity contribution in [3.63, 3.8) is 0 Å². The highest BCUT2D eigenvalue weighted by Crippen LogP contribution is 2.27. The zero-order valence-corrected chi connectivity index (χ0v) is 13.2. The molecule has 1 aromatic rings. The number of aromatic nitrogens is 1. The zero-order valence-electron chi connectivity index (χ0n) is 12.4. The minimum absolute atomic E-state index is 0.0841. The molecule has 0 aliphatic carbocycles. The molecule has 2 heterocycles. The Morgan fingerprint density at radius 2 is 2.00 bits per heavy atom. The highest BCUT2D eigenvalue weighted by molar-refractivity contribution is 7.86. The lowest BCUT2D eigenvalue weighted by molar-refractivity contribution is 0.241. The third kappa shape index (κ3) is 3.02. The maximum atomic E-state index is 12.7. The maximum absolute atomic E-state index is 12.7. The Morgan fingerprint density at radius 3 is 2.60 bits per heavy atom. The number of pyridine rings is 1. The number of rotatable bonds is 4. The lowest BCUT2D eigenvalue weighted by atomic mass is 10.1. The first kappa shape index (κ1) is 15.4. The van der Waals surface area contributed by atoms with Crippen molar-refractivity contribution in [1.29, 1.82) is 0 Å². The van der Waals surface area contributed by atoms with Crippen LogP contribution in [0.5, 0.6) is 0 Å². The summed E-state index contributed by atoms with van der Waals surface area (Å²) in [5.41, 5.74) is 0.954. The zero-order chi connectivity index (χ0) is 14.8. The normalized spacial score (nSPS) is 22.9. The van der Waals surface area contributed by atoms with E-state index in [4.69, 9.17) is 0 Å². The summed E-state index contributed by atoms with van der Waals surface area (Å²) in [6.07, 6.45) is 6.38. The van der Waals surface area contributed by atoms with Crippen LogP contribution in [0, 0.1) is 0 Å². The predicted molar refractivity (Wildman–Crippen MR) is 79.4 cm³/mol. The van der Waals surface area contributed by atoms with E-state index in [1.165, 1.54) is 4.31 Å². The molecule has 0 bridgehead atoms. The van der Waals surface area contributed by atoms with Crippen LogP contribution in [0.1, 0.15) is 44.7 Å². The predicted octanol–water partition coefficient (Wildman–Crippen LogP) is 2.19. The van der Waals surface area contributed by atoms with Crippen LogP contribution in [0.3, 0.4) is 0 Å². The van der Waals surface area contributed by atoms with Crippen molar-refractivity contribution in [2.24, 2.45) is 0 Å². The van der Waals surface area contributed by atoms with E-state index in [2.05, 4.69) is 4.98 Å². The van der Waals surface area contributed by atoms with Crippen LogP contribution in [0.25, 0.3) is 0 Å². The van der Waals surface area contributed by atoms with Gasteiger partial charge in [-0.05, 0) is 44.4 Å². The standard InChI is InChI=1S/C14H23N3O2S/c1-12-6-4-5-11-17(12)20(18,19)16(3)13(2)14-7-9-15-10-8-14/h7-10,12-13H,4-6,11H2,1-3H3. The molecule has 20 heavy (non-hydrogen) atoms. The van der Waals surface area contributed by atoms with Crippen LogP contribution < -0.4 is 0 Å². The van der Waals surface area contributed by atoms with E-state index in [9.17, 15) is 8.42 Å². The van der Waals surface area contributed by atoms with E-state index < -0.39 is 10.2 Å². The van der Waals surface area contributed by atoms with Gasteiger partial charge in [0.05, 0.1) is 0 Å². The molecule has 1 saturated heterocycles. The molecule has 1 aliphatic heterocycles.